The summed E-state index contributed by atoms with van der Waals surface area (Å²) in [6, 6.07) is 21.1. The van der Waals surface area contributed by atoms with Gasteiger partial charge in [0.15, 0.2) is 0 Å². The minimum atomic E-state index is -0.581. The molecule has 4 aromatic rings. The highest BCUT2D eigenvalue weighted by Gasteiger charge is 2.13. The first-order valence-electron chi connectivity index (χ1n) is 10.2. The second-order valence-electron chi connectivity index (χ2n) is 7.16. The van der Waals surface area contributed by atoms with Gasteiger partial charge in [0.05, 0.1) is 11.9 Å². The minimum absolute atomic E-state index is 0.0662. The van der Waals surface area contributed by atoms with Crippen molar-refractivity contribution in [2.24, 2.45) is 5.10 Å². The molecule has 0 aliphatic heterocycles. The molecule has 0 amide bonds. The van der Waals surface area contributed by atoms with Crippen molar-refractivity contribution in [1.82, 2.24) is 9.97 Å². The first-order valence-corrected chi connectivity index (χ1v) is 11.3. The molecule has 174 valence electrons. The van der Waals surface area contributed by atoms with Crippen LogP contribution in [0.2, 0.25) is 15.1 Å². The minimum Gasteiger partial charge on any atom is -0.488 e. The molecule has 35 heavy (non-hydrogen) atoms. The largest absolute Gasteiger partial charge is 0.488 e. The summed E-state index contributed by atoms with van der Waals surface area (Å²) < 4.78 is 5.91. The predicted octanol–water partition coefficient (Wildman–Crippen LogP) is 6.29. The number of hydrazone groups is 1. The zero-order chi connectivity index (χ0) is 24.8. The van der Waals surface area contributed by atoms with Gasteiger partial charge in [-0.1, -0.05) is 71.2 Å². The van der Waals surface area contributed by atoms with Gasteiger partial charge in [-0.15, -0.1) is 0 Å². The van der Waals surface area contributed by atoms with Gasteiger partial charge in [-0.25, -0.2) is 10.4 Å². The summed E-state index contributed by atoms with van der Waals surface area (Å²) in [4.78, 5) is 19.3. The SMILES string of the molecule is N#Cc1c(-c2ccccc2)nc(NN=Cc2cc(Cl)ccc2OCc2c(Cl)cccc2Cl)[nH]c1=O. The molecule has 0 aliphatic carbocycles. The van der Waals surface area contributed by atoms with E-state index in [1.165, 1.54) is 6.21 Å². The van der Waals surface area contributed by atoms with Gasteiger partial charge in [0.25, 0.3) is 5.56 Å². The molecule has 10 heteroatoms. The van der Waals surface area contributed by atoms with Gasteiger partial charge < -0.3 is 4.74 Å². The molecule has 1 heterocycles. The van der Waals surface area contributed by atoms with Crippen molar-refractivity contribution in [2.75, 3.05) is 5.43 Å². The number of nitrogens with zero attached hydrogens (tertiary/aromatic N) is 3. The maximum atomic E-state index is 12.4. The van der Waals surface area contributed by atoms with Crippen LogP contribution in [-0.4, -0.2) is 16.2 Å². The molecule has 7 nitrogen and oxygen atoms in total. The highest BCUT2D eigenvalue weighted by atomic mass is 35.5. The number of hydrogen-bond donors (Lipinski definition) is 2. The van der Waals surface area contributed by atoms with Gasteiger partial charge in [0.2, 0.25) is 5.95 Å². The van der Waals surface area contributed by atoms with Gasteiger partial charge >= 0.3 is 0 Å². The second-order valence-corrected chi connectivity index (χ2v) is 8.41. The van der Waals surface area contributed by atoms with Crippen molar-refractivity contribution in [1.29, 1.82) is 5.26 Å². The van der Waals surface area contributed by atoms with E-state index in [1.807, 2.05) is 12.1 Å². The van der Waals surface area contributed by atoms with Crippen molar-refractivity contribution >= 4 is 47.0 Å². The lowest BCUT2D eigenvalue weighted by Crippen LogP contribution is -2.16. The number of ether oxygens (including phenoxy) is 1. The molecule has 3 aromatic carbocycles. The summed E-state index contributed by atoms with van der Waals surface area (Å²) in [6.45, 7) is 0.138. The maximum Gasteiger partial charge on any atom is 0.270 e. The molecule has 0 radical (unpaired) electrons. The number of aromatic nitrogens is 2. The Morgan fingerprint density at radius 2 is 1.80 bits per heavy atom. The highest BCUT2D eigenvalue weighted by molar-refractivity contribution is 6.36. The number of rotatable bonds is 7. The number of anilines is 1. The van der Waals surface area contributed by atoms with Gasteiger partial charge in [0.1, 0.15) is 24.0 Å². The zero-order valence-electron chi connectivity index (χ0n) is 17.9. The van der Waals surface area contributed by atoms with Crippen LogP contribution in [0.25, 0.3) is 11.3 Å². The van der Waals surface area contributed by atoms with E-state index in [4.69, 9.17) is 39.5 Å². The van der Waals surface area contributed by atoms with Crippen LogP contribution in [0, 0.1) is 11.3 Å². The Labute approximate surface area is 215 Å². The first kappa shape index (κ1) is 24.3. The summed E-state index contributed by atoms with van der Waals surface area (Å²) in [5.41, 5.74) is 4.11. The first-order chi connectivity index (χ1) is 17.0. The van der Waals surface area contributed by atoms with Crippen LogP contribution < -0.4 is 15.7 Å². The summed E-state index contributed by atoms with van der Waals surface area (Å²) in [6.07, 6.45) is 1.47. The lowest BCUT2D eigenvalue weighted by molar-refractivity contribution is 0.306. The fourth-order valence-corrected chi connectivity index (χ4v) is 3.86. The molecule has 0 saturated heterocycles. The quantitative estimate of drug-likeness (QED) is 0.218. The molecule has 4 rings (SSSR count). The van der Waals surface area contributed by atoms with Gasteiger partial charge in [0, 0.05) is 31.8 Å². The van der Waals surface area contributed by atoms with Crippen molar-refractivity contribution in [3.05, 3.63) is 109 Å². The fourth-order valence-electron chi connectivity index (χ4n) is 3.17. The van der Waals surface area contributed by atoms with Gasteiger partial charge in [-0.05, 0) is 30.3 Å². The maximum absolute atomic E-state index is 12.4. The van der Waals surface area contributed by atoms with Crippen LogP contribution >= 0.6 is 34.8 Å². The average Bonchev–Trinajstić information content (AvgIpc) is 2.85. The highest BCUT2D eigenvalue weighted by Crippen LogP contribution is 2.28. The van der Waals surface area contributed by atoms with Crippen molar-refractivity contribution < 1.29 is 4.74 Å². The monoisotopic (exact) mass is 523 g/mol. The molecule has 0 spiro atoms. The van der Waals surface area contributed by atoms with Crippen LogP contribution in [0.15, 0.2) is 76.6 Å². The third-order valence-electron chi connectivity index (χ3n) is 4.86. The van der Waals surface area contributed by atoms with E-state index in [2.05, 4.69) is 20.5 Å². The molecular formula is C25H16Cl3N5O2. The van der Waals surface area contributed by atoms with E-state index in [9.17, 15) is 10.1 Å². The smallest absolute Gasteiger partial charge is 0.270 e. The summed E-state index contributed by atoms with van der Waals surface area (Å²) in [5, 5.41) is 15.0. The number of nitriles is 1. The van der Waals surface area contributed by atoms with E-state index in [0.717, 1.165) is 0 Å². The van der Waals surface area contributed by atoms with Gasteiger partial charge in [-0.3, -0.25) is 9.78 Å². The normalized spacial score (nSPS) is 10.8. The molecule has 0 aliphatic rings. The molecule has 2 N–H and O–H groups in total. The van der Waals surface area contributed by atoms with Crippen LogP contribution in [0.1, 0.15) is 16.7 Å². The Balaban J connectivity index is 1.57. The van der Waals surface area contributed by atoms with E-state index < -0.39 is 5.56 Å². The average molecular weight is 525 g/mol. The Morgan fingerprint density at radius 3 is 2.51 bits per heavy atom. The number of benzene rings is 3. The van der Waals surface area contributed by atoms with Crippen LogP contribution in [0.5, 0.6) is 5.75 Å². The Kier molecular flexibility index (Phi) is 7.68. The molecule has 0 saturated carbocycles. The number of halogens is 3. The number of nitrogens with one attached hydrogen (secondary N) is 2. The van der Waals surface area contributed by atoms with Gasteiger partial charge in [-0.2, -0.15) is 10.4 Å². The van der Waals surface area contributed by atoms with E-state index in [0.29, 0.717) is 37.5 Å². The lowest BCUT2D eigenvalue weighted by Gasteiger charge is -2.12. The molecule has 0 unspecified atom stereocenters. The molecular weight excluding hydrogens is 509 g/mol. The summed E-state index contributed by atoms with van der Waals surface area (Å²) in [5.74, 6) is 0.554. The molecule has 0 bridgehead atoms. The lowest BCUT2D eigenvalue weighted by atomic mass is 10.1. The van der Waals surface area contributed by atoms with Crippen molar-refractivity contribution in [2.45, 2.75) is 6.61 Å². The predicted molar refractivity (Wildman–Crippen MR) is 138 cm³/mol. The second kappa shape index (κ2) is 11.1. The molecule has 1 aromatic heterocycles. The molecule has 0 atom stereocenters. The zero-order valence-corrected chi connectivity index (χ0v) is 20.2. The number of hydrogen-bond acceptors (Lipinski definition) is 6. The van der Waals surface area contributed by atoms with Crippen LogP contribution in [0.4, 0.5) is 5.95 Å². The fraction of sp³-hybridized carbons (Fsp3) is 0.0400. The Morgan fingerprint density at radius 1 is 1.06 bits per heavy atom. The number of aromatic amines is 1. The number of H-pyrrole nitrogens is 1. The third-order valence-corrected chi connectivity index (χ3v) is 5.80. The van der Waals surface area contributed by atoms with Crippen LogP contribution in [0.3, 0.4) is 0 Å². The topological polar surface area (TPSA) is 103 Å². The molecule has 0 fully saturated rings. The van der Waals surface area contributed by atoms with Crippen molar-refractivity contribution in [3.63, 3.8) is 0 Å². The third kappa shape index (κ3) is 5.81. The standard InChI is InChI=1S/C25H16Cl3N5O2/c26-17-9-10-22(35-14-19-20(27)7-4-8-21(19)28)16(11-17)13-30-33-25-31-23(15-5-2-1-3-6-15)18(12-29)24(34)32-25/h1-11,13H,14H2,(H2,31,32,33,34). The summed E-state index contributed by atoms with van der Waals surface area (Å²) >= 11 is 18.6. The van der Waals surface area contributed by atoms with Crippen LogP contribution in [-0.2, 0) is 6.61 Å². The summed E-state index contributed by atoms with van der Waals surface area (Å²) in [7, 11) is 0. The Hall–Kier alpha value is -3.83. The Bertz CT molecular complexity index is 1480. The van der Waals surface area contributed by atoms with Crippen molar-refractivity contribution in [3.8, 4) is 23.1 Å². The van der Waals surface area contributed by atoms with E-state index >= 15 is 0 Å². The van der Waals surface area contributed by atoms with E-state index in [-0.39, 0.29) is 23.8 Å². The van der Waals surface area contributed by atoms with E-state index in [1.54, 1.807) is 60.7 Å².